The van der Waals surface area contributed by atoms with Crippen molar-refractivity contribution in [3.05, 3.63) is 35.6 Å². The summed E-state index contributed by atoms with van der Waals surface area (Å²) in [5, 5.41) is 0. The van der Waals surface area contributed by atoms with Crippen molar-refractivity contribution in [1.82, 2.24) is 9.80 Å². The molecule has 0 bridgehead atoms. The van der Waals surface area contributed by atoms with Crippen LogP contribution in [0.15, 0.2) is 24.3 Å². The smallest absolute Gasteiger partial charge is 0.236 e. The molecule has 2 rings (SSSR count). The summed E-state index contributed by atoms with van der Waals surface area (Å²) >= 11 is 0. The van der Waals surface area contributed by atoms with Gasteiger partial charge < -0.3 is 9.64 Å². The standard InChI is InChI=1S/C16H23FN2O2/c1-18(11-13-5-3-4-6-15(13)17)16(20)12-19-9-7-14(21-2)8-10-19/h3-6,14H,7-12H2,1-2H3. The molecule has 1 aromatic rings. The summed E-state index contributed by atoms with van der Waals surface area (Å²) in [6.07, 6.45) is 2.23. The molecule has 0 aliphatic carbocycles. The van der Waals surface area contributed by atoms with Gasteiger partial charge in [-0.2, -0.15) is 0 Å². The van der Waals surface area contributed by atoms with Crippen molar-refractivity contribution in [2.24, 2.45) is 0 Å². The van der Waals surface area contributed by atoms with E-state index in [1.54, 1.807) is 37.3 Å². The van der Waals surface area contributed by atoms with E-state index in [1.807, 2.05) is 0 Å². The lowest BCUT2D eigenvalue weighted by Gasteiger charge is -2.31. The Hall–Kier alpha value is -1.46. The maximum absolute atomic E-state index is 13.6. The number of rotatable bonds is 5. The fraction of sp³-hybridized carbons (Fsp3) is 0.562. The van der Waals surface area contributed by atoms with Gasteiger partial charge in [-0.05, 0) is 18.9 Å². The quantitative estimate of drug-likeness (QED) is 0.831. The molecule has 4 nitrogen and oxygen atoms in total. The molecule has 1 aliphatic heterocycles. The lowest BCUT2D eigenvalue weighted by molar-refractivity contribution is -0.132. The normalized spacial score (nSPS) is 16.9. The molecule has 1 aliphatic rings. The van der Waals surface area contributed by atoms with Crippen LogP contribution >= 0.6 is 0 Å². The number of methoxy groups -OCH3 is 1. The van der Waals surface area contributed by atoms with Crippen LogP contribution in [0.2, 0.25) is 0 Å². The average Bonchev–Trinajstić information content (AvgIpc) is 2.50. The van der Waals surface area contributed by atoms with Gasteiger partial charge in [-0.25, -0.2) is 4.39 Å². The van der Waals surface area contributed by atoms with E-state index in [0.717, 1.165) is 25.9 Å². The Balaban J connectivity index is 1.82. The van der Waals surface area contributed by atoms with Crippen molar-refractivity contribution in [1.29, 1.82) is 0 Å². The van der Waals surface area contributed by atoms with E-state index in [4.69, 9.17) is 4.74 Å². The number of piperidine rings is 1. The number of halogens is 1. The minimum atomic E-state index is -0.266. The lowest BCUT2D eigenvalue weighted by Crippen LogP contribution is -2.43. The van der Waals surface area contributed by atoms with Gasteiger partial charge in [0.2, 0.25) is 5.91 Å². The second-order valence-corrected chi connectivity index (χ2v) is 5.55. The van der Waals surface area contributed by atoms with Gasteiger partial charge in [0.15, 0.2) is 0 Å². The fourth-order valence-corrected chi connectivity index (χ4v) is 2.59. The summed E-state index contributed by atoms with van der Waals surface area (Å²) < 4.78 is 18.9. The van der Waals surface area contributed by atoms with Crippen LogP contribution in [0.3, 0.4) is 0 Å². The number of likely N-dealkylation sites (tertiary alicyclic amines) is 1. The molecule has 0 atom stereocenters. The minimum absolute atomic E-state index is 0.0223. The topological polar surface area (TPSA) is 32.8 Å². The first kappa shape index (κ1) is 15.9. The summed E-state index contributed by atoms with van der Waals surface area (Å²) in [4.78, 5) is 15.9. The number of hydrogen-bond acceptors (Lipinski definition) is 3. The first-order chi connectivity index (χ1) is 10.1. The number of amides is 1. The van der Waals surface area contributed by atoms with E-state index in [2.05, 4.69) is 4.90 Å². The van der Waals surface area contributed by atoms with Crippen molar-refractivity contribution in [3.8, 4) is 0 Å². The van der Waals surface area contributed by atoms with Gasteiger partial charge in [-0.3, -0.25) is 9.69 Å². The Labute approximate surface area is 125 Å². The molecule has 0 N–H and O–H groups in total. The van der Waals surface area contributed by atoms with Gasteiger partial charge >= 0.3 is 0 Å². The van der Waals surface area contributed by atoms with Crippen LogP contribution in [-0.2, 0) is 16.1 Å². The third kappa shape index (κ3) is 4.51. The molecule has 5 heteroatoms. The third-order valence-corrected chi connectivity index (χ3v) is 4.02. The molecule has 1 fully saturated rings. The van der Waals surface area contributed by atoms with Gasteiger partial charge in [0.25, 0.3) is 0 Å². The number of ether oxygens (including phenoxy) is 1. The second-order valence-electron chi connectivity index (χ2n) is 5.55. The molecule has 0 aromatic heterocycles. The molecule has 0 unspecified atom stereocenters. The van der Waals surface area contributed by atoms with Crippen LogP contribution in [0, 0.1) is 5.82 Å². The molecule has 1 heterocycles. The second kappa shape index (κ2) is 7.52. The van der Waals surface area contributed by atoms with Gasteiger partial charge in [0, 0.05) is 39.4 Å². The number of carbonyl (C=O) groups excluding carboxylic acids is 1. The van der Waals surface area contributed by atoms with Crippen LogP contribution in [0.25, 0.3) is 0 Å². The van der Waals surface area contributed by atoms with Gasteiger partial charge in [-0.15, -0.1) is 0 Å². The Bertz CT molecular complexity index is 473. The van der Waals surface area contributed by atoms with E-state index in [0.29, 0.717) is 24.8 Å². The number of benzene rings is 1. The zero-order valence-corrected chi connectivity index (χ0v) is 12.7. The highest BCUT2D eigenvalue weighted by molar-refractivity contribution is 5.78. The zero-order chi connectivity index (χ0) is 15.2. The summed E-state index contributed by atoms with van der Waals surface area (Å²) in [6, 6.07) is 6.57. The Morgan fingerprint density at radius 3 is 2.67 bits per heavy atom. The third-order valence-electron chi connectivity index (χ3n) is 4.02. The summed E-state index contributed by atoms with van der Waals surface area (Å²) in [7, 11) is 3.45. The molecular formula is C16H23FN2O2. The SMILES string of the molecule is COC1CCN(CC(=O)N(C)Cc2ccccc2F)CC1. The summed E-state index contributed by atoms with van der Waals surface area (Å²) in [5.74, 6) is -0.243. The van der Waals surface area contributed by atoms with E-state index < -0.39 is 0 Å². The van der Waals surface area contributed by atoms with Crippen molar-refractivity contribution in [3.63, 3.8) is 0 Å². The first-order valence-electron chi connectivity index (χ1n) is 7.32. The molecule has 1 amide bonds. The Morgan fingerprint density at radius 1 is 1.38 bits per heavy atom. The van der Waals surface area contributed by atoms with E-state index in [9.17, 15) is 9.18 Å². The van der Waals surface area contributed by atoms with Crippen molar-refractivity contribution >= 4 is 5.91 Å². The van der Waals surface area contributed by atoms with Gasteiger partial charge in [-0.1, -0.05) is 18.2 Å². The maximum atomic E-state index is 13.6. The first-order valence-corrected chi connectivity index (χ1v) is 7.32. The predicted octanol–water partition coefficient (Wildman–Crippen LogP) is 1.89. The molecule has 0 saturated carbocycles. The van der Waals surface area contributed by atoms with Crippen LogP contribution in [0.1, 0.15) is 18.4 Å². The molecular weight excluding hydrogens is 271 g/mol. The molecule has 21 heavy (non-hydrogen) atoms. The highest BCUT2D eigenvalue weighted by Crippen LogP contribution is 2.13. The van der Waals surface area contributed by atoms with E-state index >= 15 is 0 Å². The molecule has 1 aromatic carbocycles. The highest BCUT2D eigenvalue weighted by atomic mass is 19.1. The zero-order valence-electron chi connectivity index (χ0n) is 12.7. The van der Waals surface area contributed by atoms with Crippen LogP contribution in [-0.4, -0.2) is 55.6 Å². The average molecular weight is 294 g/mol. The summed E-state index contributed by atoms with van der Waals surface area (Å²) in [6.45, 7) is 2.44. The largest absolute Gasteiger partial charge is 0.381 e. The summed E-state index contributed by atoms with van der Waals surface area (Å²) in [5.41, 5.74) is 0.548. The van der Waals surface area contributed by atoms with E-state index in [1.165, 1.54) is 6.07 Å². The Kier molecular flexibility index (Phi) is 5.70. The van der Waals surface area contributed by atoms with Crippen molar-refractivity contribution in [2.45, 2.75) is 25.5 Å². The number of likely N-dealkylation sites (N-methyl/N-ethyl adjacent to an activating group) is 1. The van der Waals surface area contributed by atoms with Gasteiger partial charge in [0.1, 0.15) is 5.82 Å². The minimum Gasteiger partial charge on any atom is -0.381 e. The molecule has 0 radical (unpaired) electrons. The van der Waals surface area contributed by atoms with Crippen molar-refractivity contribution in [2.75, 3.05) is 33.8 Å². The number of hydrogen-bond donors (Lipinski definition) is 0. The van der Waals surface area contributed by atoms with Crippen LogP contribution in [0.4, 0.5) is 4.39 Å². The maximum Gasteiger partial charge on any atom is 0.236 e. The monoisotopic (exact) mass is 294 g/mol. The Morgan fingerprint density at radius 2 is 2.05 bits per heavy atom. The molecule has 116 valence electrons. The van der Waals surface area contributed by atoms with Gasteiger partial charge in [0.05, 0.1) is 12.6 Å². The van der Waals surface area contributed by atoms with Crippen LogP contribution < -0.4 is 0 Å². The predicted molar refractivity (Wildman–Crippen MR) is 79.3 cm³/mol. The van der Waals surface area contributed by atoms with Crippen LogP contribution in [0.5, 0.6) is 0 Å². The lowest BCUT2D eigenvalue weighted by atomic mass is 10.1. The van der Waals surface area contributed by atoms with Crippen molar-refractivity contribution < 1.29 is 13.9 Å². The number of carbonyl (C=O) groups is 1. The number of nitrogens with zero attached hydrogens (tertiary/aromatic N) is 2. The van der Waals surface area contributed by atoms with E-state index in [-0.39, 0.29) is 11.7 Å². The molecule has 1 saturated heterocycles. The highest BCUT2D eigenvalue weighted by Gasteiger charge is 2.21. The fourth-order valence-electron chi connectivity index (χ4n) is 2.59. The molecule has 0 spiro atoms.